The number of nitrogens with zero attached hydrogens (tertiary/aromatic N) is 2. The van der Waals surface area contributed by atoms with Gasteiger partial charge in [-0.05, 0) is 25.8 Å². The van der Waals surface area contributed by atoms with E-state index in [1.165, 1.54) is 0 Å². The van der Waals surface area contributed by atoms with Crippen LogP contribution in [0.25, 0.3) is 0 Å². The second-order valence-corrected chi connectivity index (χ2v) is 4.51. The summed E-state index contributed by atoms with van der Waals surface area (Å²) in [5.41, 5.74) is 0. The lowest BCUT2D eigenvalue weighted by atomic mass is 10.1. The molecule has 2 heterocycles. The maximum absolute atomic E-state index is 11.4. The second-order valence-electron chi connectivity index (χ2n) is 4.51. The van der Waals surface area contributed by atoms with Crippen molar-refractivity contribution in [3.63, 3.8) is 0 Å². The van der Waals surface area contributed by atoms with Gasteiger partial charge in [0.05, 0.1) is 0 Å². The van der Waals surface area contributed by atoms with Crippen LogP contribution in [0.2, 0.25) is 0 Å². The van der Waals surface area contributed by atoms with Crippen LogP contribution in [0.3, 0.4) is 0 Å². The van der Waals surface area contributed by atoms with Crippen molar-refractivity contribution in [3.8, 4) is 0 Å². The van der Waals surface area contributed by atoms with Crippen LogP contribution in [-0.4, -0.2) is 59.6 Å². The van der Waals surface area contributed by atoms with E-state index in [-0.39, 0.29) is 0 Å². The molecule has 0 aromatic rings. The summed E-state index contributed by atoms with van der Waals surface area (Å²) in [6.07, 6.45) is 3.74. The molecule has 86 valence electrons. The minimum atomic E-state index is 0.294. The van der Waals surface area contributed by atoms with Gasteiger partial charge in [0.25, 0.3) is 0 Å². The Morgan fingerprint density at radius 1 is 1.33 bits per heavy atom. The topological polar surface area (TPSA) is 43.8 Å². The predicted octanol–water partition coefficient (Wildman–Crippen LogP) is 0.0655. The van der Waals surface area contributed by atoms with E-state index in [2.05, 4.69) is 4.90 Å². The van der Waals surface area contributed by atoms with Gasteiger partial charge in [-0.15, -0.1) is 0 Å². The average molecular weight is 212 g/mol. The van der Waals surface area contributed by atoms with Crippen LogP contribution in [-0.2, 0) is 4.79 Å². The van der Waals surface area contributed by atoms with Crippen molar-refractivity contribution < 1.29 is 9.90 Å². The van der Waals surface area contributed by atoms with Gasteiger partial charge < -0.3 is 10.0 Å². The highest BCUT2D eigenvalue weighted by Gasteiger charge is 2.34. The van der Waals surface area contributed by atoms with Gasteiger partial charge in [0, 0.05) is 38.7 Å². The number of hydrogen-bond acceptors (Lipinski definition) is 3. The van der Waals surface area contributed by atoms with Crippen molar-refractivity contribution in [2.24, 2.45) is 0 Å². The minimum Gasteiger partial charge on any atom is -0.396 e. The Morgan fingerprint density at radius 3 is 3.00 bits per heavy atom. The van der Waals surface area contributed by atoms with Gasteiger partial charge in [-0.2, -0.15) is 0 Å². The van der Waals surface area contributed by atoms with Crippen LogP contribution in [0, 0.1) is 0 Å². The second kappa shape index (κ2) is 4.94. The fourth-order valence-corrected chi connectivity index (χ4v) is 2.58. The predicted molar refractivity (Wildman–Crippen MR) is 57.5 cm³/mol. The summed E-state index contributed by atoms with van der Waals surface area (Å²) in [7, 11) is 0. The first-order valence-electron chi connectivity index (χ1n) is 5.94. The highest BCUT2D eigenvalue weighted by atomic mass is 16.2. The number of amides is 1. The van der Waals surface area contributed by atoms with Gasteiger partial charge in [-0.3, -0.25) is 9.69 Å². The highest BCUT2D eigenvalue weighted by molar-refractivity contribution is 5.78. The third kappa shape index (κ3) is 2.49. The van der Waals surface area contributed by atoms with Crippen LogP contribution in [0.4, 0.5) is 0 Å². The van der Waals surface area contributed by atoms with E-state index < -0.39 is 0 Å². The molecule has 0 aromatic heterocycles. The van der Waals surface area contributed by atoms with Crippen LogP contribution in [0.15, 0.2) is 0 Å². The number of carbonyl (C=O) groups is 1. The molecule has 1 unspecified atom stereocenters. The third-order valence-corrected chi connectivity index (χ3v) is 3.46. The molecule has 4 nitrogen and oxygen atoms in total. The van der Waals surface area contributed by atoms with E-state index in [9.17, 15) is 4.79 Å². The first kappa shape index (κ1) is 10.9. The normalized spacial score (nSPS) is 27.1. The Morgan fingerprint density at radius 2 is 2.20 bits per heavy atom. The van der Waals surface area contributed by atoms with Gasteiger partial charge in [-0.1, -0.05) is 0 Å². The van der Waals surface area contributed by atoms with Crippen molar-refractivity contribution in [1.29, 1.82) is 0 Å². The number of hydrogen-bond donors (Lipinski definition) is 1. The zero-order valence-electron chi connectivity index (χ0n) is 9.19. The maximum Gasteiger partial charge on any atom is 0.222 e. The number of aliphatic hydroxyl groups is 1. The summed E-state index contributed by atoms with van der Waals surface area (Å²) in [6, 6.07) is 0.473. The molecule has 2 fully saturated rings. The fraction of sp³-hybridized carbons (Fsp3) is 0.909. The largest absolute Gasteiger partial charge is 0.396 e. The molecular formula is C11H20N2O2. The number of carbonyl (C=O) groups excluding carboxylic acids is 1. The molecule has 1 atom stereocenters. The molecule has 0 aliphatic carbocycles. The van der Waals surface area contributed by atoms with Crippen molar-refractivity contribution >= 4 is 5.91 Å². The molecule has 1 amide bonds. The average Bonchev–Trinajstić information content (AvgIpc) is 2.61. The Labute approximate surface area is 90.9 Å². The molecule has 2 aliphatic heterocycles. The van der Waals surface area contributed by atoms with Gasteiger partial charge in [-0.25, -0.2) is 0 Å². The number of unbranched alkanes of at least 4 members (excludes halogenated alkanes) is 1. The summed E-state index contributed by atoms with van der Waals surface area (Å²) >= 11 is 0. The quantitative estimate of drug-likeness (QED) is 0.670. The Kier molecular flexibility index (Phi) is 3.59. The molecule has 15 heavy (non-hydrogen) atoms. The molecule has 0 spiro atoms. The molecule has 1 N–H and O–H groups in total. The Balaban J connectivity index is 1.75. The minimum absolute atomic E-state index is 0.294. The van der Waals surface area contributed by atoms with E-state index in [4.69, 9.17) is 5.11 Å². The molecule has 0 radical (unpaired) electrons. The Hall–Kier alpha value is -0.610. The van der Waals surface area contributed by atoms with E-state index >= 15 is 0 Å². The first-order chi connectivity index (χ1) is 7.31. The molecule has 2 aliphatic rings. The molecule has 2 saturated heterocycles. The summed E-state index contributed by atoms with van der Waals surface area (Å²) in [5, 5.41) is 8.71. The summed E-state index contributed by atoms with van der Waals surface area (Å²) in [6.45, 7) is 4.31. The van der Waals surface area contributed by atoms with Gasteiger partial charge in [0.2, 0.25) is 5.91 Å². The third-order valence-electron chi connectivity index (χ3n) is 3.46. The van der Waals surface area contributed by atoms with Crippen LogP contribution in [0.5, 0.6) is 0 Å². The molecular weight excluding hydrogens is 192 g/mol. The van der Waals surface area contributed by atoms with E-state index in [0.29, 0.717) is 18.6 Å². The zero-order valence-corrected chi connectivity index (χ0v) is 9.19. The summed E-state index contributed by atoms with van der Waals surface area (Å²) in [4.78, 5) is 15.9. The fourth-order valence-electron chi connectivity index (χ4n) is 2.58. The molecule has 4 heteroatoms. The van der Waals surface area contributed by atoms with Crippen molar-refractivity contribution in [2.75, 3.05) is 32.8 Å². The molecule has 0 saturated carbocycles. The lowest BCUT2D eigenvalue weighted by Gasteiger charge is -2.37. The standard InChI is InChI=1S/C11H20N2O2/c14-8-2-1-5-12-6-7-13-10(9-12)3-4-11(13)15/h10,14H,1-9H2. The van der Waals surface area contributed by atoms with Crippen molar-refractivity contribution in [3.05, 3.63) is 0 Å². The summed E-state index contributed by atoms with van der Waals surface area (Å²) in [5.74, 6) is 0.343. The lowest BCUT2D eigenvalue weighted by Crippen LogP contribution is -2.51. The van der Waals surface area contributed by atoms with Crippen LogP contribution >= 0.6 is 0 Å². The molecule has 0 bridgehead atoms. The van der Waals surface area contributed by atoms with Crippen LogP contribution < -0.4 is 0 Å². The van der Waals surface area contributed by atoms with E-state index in [1.54, 1.807) is 0 Å². The maximum atomic E-state index is 11.4. The van der Waals surface area contributed by atoms with E-state index in [1.807, 2.05) is 4.90 Å². The van der Waals surface area contributed by atoms with E-state index in [0.717, 1.165) is 51.9 Å². The van der Waals surface area contributed by atoms with Crippen molar-refractivity contribution in [2.45, 2.75) is 31.7 Å². The first-order valence-corrected chi connectivity index (χ1v) is 5.94. The van der Waals surface area contributed by atoms with Crippen LogP contribution in [0.1, 0.15) is 25.7 Å². The van der Waals surface area contributed by atoms with Gasteiger partial charge >= 0.3 is 0 Å². The number of rotatable bonds is 4. The zero-order chi connectivity index (χ0) is 10.7. The lowest BCUT2D eigenvalue weighted by molar-refractivity contribution is -0.130. The van der Waals surface area contributed by atoms with Gasteiger partial charge in [0.1, 0.15) is 0 Å². The SMILES string of the molecule is O=C1CCC2CN(CCCCO)CCN12. The summed E-state index contributed by atoms with van der Waals surface area (Å²) < 4.78 is 0. The monoisotopic (exact) mass is 212 g/mol. The molecule has 0 aromatic carbocycles. The number of aliphatic hydroxyl groups excluding tert-OH is 1. The Bertz CT molecular complexity index is 233. The number of fused-ring (bicyclic) bond motifs is 1. The highest BCUT2D eigenvalue weighted by Crippen LogP contribution is 2.22. The smallest absolute Gasteiger partial charge is 0.222 e. The van der Waals surface area contributed by atoms with Crippen molar-refractivity contribution in [1.82, 2.24) is 9.80 Å². The van der Waals surface area contributed by atoms with Gasteiger partial charge in [0.15, 0.2) is 0 Å². The number of piperazine rings is 1. The molecule has 2 rings (SSSR count).